The Kier molecular flexibility index (Phi) is 4.73. The van der Waals surface area contributed by atoms with Crippen LogP contribution < -0.4 is 10.1 Å². The van der Waals surface area contributed by atoms with Crippen LogP contribution in [-0.4, -0.2) is 34.0 Å². The van der Waals surface area contributed by atoms with Gasteiger partial charge in [0.2, 0.25) is 0 Å². The van der Waals surface area contributed by atoms with Crippen LogP contribution in [0.5, 0.6) is 5.75 Å². The predicted molar refractivity (Wildman–Crippen MR) is 102 cm³/mol. The lowest BCUT2D eigenvalue weighted by molar-refractivity contribution is -0.130. The second-order valence-corrected chi connectivity index (χ2v) is 6.81. The van der Waals surface area contributed by atoms with E-state index >= 15 is 0 Å². The molecule has 144 valence electrons. The molecule has 3 aromatic rings. The summed E-state index contributed by atoms with van der Waals surface area (Å²) in [5, 5.41) is 2.95. The van der Waals surface area contributed by atoms with Crippen molar-refractivity contribution in [1.29, 1.82) is 0 Å². The number of hydrogen-bond acceptors (Lipinski definition) is 5. The maximum atomic E-state index is 12.6. The van der Waals surface area contributed by atoms with Gasteiger partial charge >= 0.3 is 5.97 Å². The molecule has 0 bridgehead atoms. The molecule has 2 atom stereocenters. The average molecular weight is 379 g/mol. The van der Waals surface area contributed by atoms with Crippen molar-refractivity contribution in [2.75, 3.05) is 6.61 Å². The molecular weight excluding hydrogens is 358 g/mol. The number of fused-ring (bicyclic) bond motifs is 2. The van der Waals surface area contributed by atoms with Gasteiger partial charge in [0.1, 0.15) is 11.4 Å². The smallest absolute Gasteiger partial charge is 0.359 e. The zero-order valence-electron chi connectivity index (χ0n) is 15.7. The van der Waals surface area contributed by atoms with E-state index in [1.165, 1.54) is 0 Å². The number of nitrogens with one attached hydrogen (secondary N) is 1. The van der Waals surface area contributed by atoms with E-state index in [0.717, 1.165) is 17.0 Å². The van der Waals surface area contributed by atoms with Gasteiger partial charge in [-0.3, -0.25) is 4.79 Å². The maximum absolute atomic E-state index is 12.6. The number of aromatic nitrogens is 2. The Bertz CT molecular complexity index is 1040. The van der Waals surface area contributed by atoms with Crippen molar-refractivity contribution in [3.05, 3.63) is 65.6 Å². The Morgan fingerprint density at radius 1 is 1.25 bits per heavy atom. The number of esters is 1. The summed E-state index contributed by atoms with van der Waals surface area (Å²) >= 11 is 0. The number of nitrogens with zero attached hydrogens (tertiary/aromatic N) is 2. The number of pyridine rings is 1. The molecule has 1 aliphatic heterocycles. The highest BCUT2D eigenvalue weighted by Gasteiger charge is 2.27. The lowest BCUT2D eigenvalue weighted by Crippen LogP contribution is -2.39. The SMILES string of the molecule is Cc1cccc2nc(C(=O)OC(C)C(=O)NC3CCOc4ccccc43)cn12. The van der Waals surface area contributed by atoms with Crippen LogP contribution >= 0.6 is 0 Å². The average Bonchev–Trinajstić information content (AvgIpc) is 3.14. The van der Waals surface area contributed by atoms with Crippen LogP contribution in [-0.2, 0) is 9.53 Å². The van der Waals surface area contributed by atoms with Crippen LogP contribution in [0.3, 0.4) is 0 Å². The first-order valence-corrected chi connectivity index (χ1v) is 9.21. The fourth-order valence-corrected chi connectivity index (χ4v) is 3.30. The van der Waals surface area contributed by atoms with E-state index in [1.807, 2.05) is 49.4 Å². The van der Waals surface area contributed by atoms with Gasteiger partial charge in [0, 0.05) is 23.9 Å². The second kappa shape index (κ2) is 7.34. The maximum Gasteiger partial charge on any atom is 0.359 e. The summed E-state index contributed by atoms with van der Waals surface area (Å²) in [6, 6.07) is 13.0. The number of benzene rings is 1. The molecule has 1 aromatic carbocycles. The van der Waals surface area contributed by atoms with Crippen LogP contribution in [0, 0.1) is 6.92 Å². The first kappa shape index (κ1) is 18.0. The van der Waals surface area contributed by atoms with Gasteiger partial charge in [0.25, 0.3) is 5.91 Å². The molecule has 0 fully saturated rings. The van der Waals surface area contributed by atoms with Crippen molar-refractivity contribution in [1.82, 2.24) is 14.7 Å². The van der Waals surface area contributed by atoms with Gasteiger partial charge in [-0.05, 0) is 32.0 Å². The number of para-hydroxylation sites is 1. The van der Waals surface area contributed by atoms with Crippen molar-refractivity contribution in [3.8, 4) is 5.75 Å². The minimum absolute atomic E-state index is 0.170. The van der Waals surface area contributed by atoms with Crippen molar-refractivity contribution in [2.45, 2.75) is 32.4 Å². The molecule has 3 heterocycles. The predicted octanol–water partition coefficient (Wildman–Crippen LogP) is 2.83. The number of imidazole rings is 1. The number of rotatable bonds is 4. The Labute approximate surface area is 162 Å². The van der Waals surface area contributed by atoms with Crippen LogP contribution in [0.15, 0.2) is 48.7 Å². The third-order valence-electron chi connectivity index (χ3n) is 4.83. The van der Waals surface area contributed by atoms with Crippen LogP contribution in [0.4, 0.5) is 0 Å². The van der Waals surface area contributed by atoms with Crippen LogP contribution in [0.1, 0.15) is 41.1 Å². The molecule has 2 aromatic heterocycles. The number of amides is 1. The third-order valence-corrected chi connectivity index (χ3v) is 4.83. The molecular formula is C21H21N3O4. The Hall–Kier alpha value is -3.35. The first-order valence-electron chi connectivity index (χ1n) is 9.21. The summed E-state index contributed by atoms with van der Waals surface area (Å²) in [4.78, 5) is 29.3. The molecule has 1 amide bonds. The molecule has 0 spiro atoms. The molecule has 4 rings (SSSR count). The first-order chi connectivity index (χ1) is 13.5. The van der Waals surface area contributed by atoms with E-state index in [2.05, 4.69) is 10.3 Å². The molecule has 7 heteroatoms. The Morgan fingerprint density at radius 2 is 2.07 bits per heavy atom. The lowest BCUT2D eigenvalue weighted by Gasteiger charge is -2.27. The van der Waals surface area contributed by atoms with Gasteiger partial charge in [-0.2, -0.15) is 0 Å². The number of carbonyl (C=O) groups excluding carboxylic acids is 2. The topological polar surface area (TPSA) is 81.9 Å². The van der Waals surface area contributed by atoms with Crippen molar-refractivity contribution in [2.24, 2.45) is 0 Å². The van der Waals surface area contributed by atoms with Gasteiger partial charge in [-0.1, -0.05) is 24.3 Å². The molecule has 1 N–H and O–H groups in total. The van der Waals surface area contributed by atoms with Gasteiger partial charge in [0.05, 0.1) is 12.6 Å². The standard InChI is InChI=1S/C21H21N3O4/c1-13-6-5-9-19-22-17(12-24(13)19)21(26)28-14(2)20(25)23-16-10-11-27-18-8-4-3-7-15(16)18/h3-9,12,14,16H,10-11H2,1-2H3,(H,23,25). The number of carbonyl (C=O) groups is 2. The number of hydrogen-bond donors (Lipinski definition) is 1. The highest BCUT2D eigenvalue weighted by atomic mass is 16.5. The summed E-state index contributed by atoms with van der Waals surface area (Å²) < 4.78 is 12.8. The van der Waals surface area contributed by atoms with Crippen LogP contribution in [0.2, 0.25) is 0 Å². The molecule has 0 saturated carbocycles. The van der Waals surface area contributed by atoms with E-state index in [9.17, 15) is 9.59 Å². The lowest BCUT2D eigenvalue weighted by atomic mass is 10.0. The van der Waals surface area contributed by atoms with Gasteiger partial charge in [0.15, 0.2) is 11.8 Å². The quantitative estimate of drug-likeness (QED) is 0.705. The summed E-state index contributed by atoms with van der Waals surface area (Å²) in [5.41, 5.74) is 2.71. The third kappa shape index (κ3) is 3.43. The second-order valence-electron chi connectivity index (χ2n) is 6.81. The van der Waals surface area contributed by atoms with Gasteiger partial charge in [-0.25, -0.2) is 9.78 Å². The molecule has 0 aliphatic carbocycles. The largest absolute Gasteiger partial charge is 0.493 e. The Balaban J connectivity index is 1.43. The van der Waals surface area contributed by atoms with E-state index < -0.39 is 12.1 Å². The zero-order valence-corrected chi connectivity index (χ0v) is 15.7. The minimum atomic E-state index is -0.937. The molecule has 2 unspecified atom stereocenters. The molecule has 0 saturated heterocycles. The number of aryl methyl sites for hydroxylation is 1. The Morgan fingerprint density at radius 3 is 2.89 bits per heavy atom. The monoisotopic (exact) mass is 379 g/mol. The van der Waals surface area contributed by atoms with E-state index in [1.54, 1.807) is 17.5 Å². The normalized spacial score (nSPS) is 16.7. The molecule has 1 aliphatic rings. The van der Waals surface area contributed by atoms with Crippen molar-refractivity contribution >= 4 is 17.5 Å². The van der Waals surface area contributed by atoms with Crippen molar-refractivity contribution < 1.29 is 19.1 Å². The highest BCUT2D eigenvalue weighted by molar-refractivity contribution is 5.91. The summed E-state index contributed by atoms with van der Waals surface area (Å²) in [6.45, 7) is 4.00. The van der Waals surface area contributed by atoms with Gasteiger partial charge in [-0.15, -0.1) is 0 Å². The van der Waals surface area contributed by atoms with Crippen LogP contribution in [0.25, 0.3) is 5.65 Å². The zero-order chi connectivity index (χ0) is 19.7. The van der Waals surface area contributed by atoms with E-state index in [0.29, 0.717) is 18.7 Å². The molecule has 7 nitrogen and oxygen atoms in total. The highest BCUT2D eigenvalue weighted by Crippen LogP contribution is 2.31. The fraction of sp³-hybridized carbons (Fsp3) is 0.286. The van der Waals surface area contributed by atoms with E-state index in [-0.39, 0.29) is 17.6 Å². The summed E-state index contributed by atoms with van der Waals surface area (Å²) in [6.07, 6.45) is 1.34. The molecule has 28 heavy (non-hydrogen) atoms. The van der Waals surface area contributed by atoms with Crippen molar-refractivity contribution in [3.63, 3.8) is 0 Å². The van der Waals surface area contributed by atoms with Gasteiger partial charge < -0.3 is 19.2 Å². The summed E-state index contributed by atoms with van der Waals surface area (Å²) in [5.74, 6) is -0.211. The summed E-state index contributed by atoms with van der Waals surface area (Å²) in [7, 11) is 0. The van der Waals surface area contributed by atoms with E-state index in [4.69, 9.17) is 9.47 Å². The minimum Gasteiger partial charge on any atom is -0.493 e. The molecule has 0 radical (unpaired) electrons. The number of ether oxygens (including phenoxy) is 2. The fourth-order valence-electron chi connectivity index (χ4n) is 3.30.